The number of hydrogen-bond acceptors (Lipinski definition) is 4. The van der Waals surface area contributed by atoms with Gasteiger partial charge in [0.2, 0.25) is 5.91 Å². The number of anilines is 1. The first kappa shape index (κ1) is 22.0. The van der Waals surface area contributed by atoms with Crippen molar-refractivity contribution in [1.29, 1.82) is 0 Å². The van der Waals surface area contributed by atoms with Gasteiger partial charge in [-0.1, -0.05) is 76.5 Å². The summed E-state index contributed by atoms with van der Waals surface area (Å²) >= 11 is 0. The van der Waals surface area contributed by atoms with Gasteiger partial charge in [0.15, 0.2) is 0 Å². The number of hydrogen-bond donors (Lipinski definition) is 2. The van der Waals surface area contributed by atoms with E-state index in [1.807, 2.05) is 18.2 Å². The van der Waals surface area contributed by atoms with E-state index in [1.54, 1.807) is 12.1 Å². The molecule has 5 nitrogen and oxygen atoms in total. The van der Waals surface area contributed by atoms with Gasteiger partial charge >= 0.3 is 0 Å². The zero-order valence-electron chi connectivity index (χ0n) is 17.7. The summed E-state index contributed by atoms with van der Waals surface area (Å²) < 4.78 is 0. The summed E-state index contributed by atoms with van der Waals surface area (Å²) in [6, 6.07) is 8.52. The van der Waals surface area contributed by atoms with Crippen LogP contribution >= 0.6 is 0 Å². The molecular formula is C24H36N2O3. The van der Waals surface area contributed by atoms with Crippen molar-refractivity contribution in [2.45, 2.75) is 95.7 Å². The molecule has 1 aromatic carbocycles. The monoisotopic (exact) mass is 400 g/mol. The fourth-order valence-electron chi connectivity index (χ4n) is 4.70. The topological polar surface area (TPSA) is 69.6 Å². The first-order chi connectivity index (χ1) is 14.1. The molecule has 1 aromatic rings. The van der Waals surface area contributed by atoms with Crippen molar-refractivity contribution in [2.24, 2.45) is 5.92 Å². The number of nitrogens with one attached hydrogen (secondary N) is 1. The van der Waals surface area contributed by atoms with Gasteiger partial charge in [0.05, 0.1) is 23.8 Å². The van der Waals surface area contributed by atoms with Gasteiger partial charge in [-0.2, -0.15) is 0 Å². The number of carbonyl (C=O) groups is 2. The van der Waals surface area contributed by atoms with Crippen molar-refractivity contribution < 1.29 is 14.7 Å². The Morgan fingerprint density at radius 2 is 1.62 bits per heavy atom. The zero-order chi connectivity index (χ0) is 20.6. The highest BCUT2D eigenvalue weighted by Crippen LogP contribution is 2.33. The van der Waals surface area contributed by atoms with Crippen LogP contribution in [-0.2, 0) is 9.59 Å². The third-order valence-electron chi connectivity index (χ3n) is 6.44. The molecule has 0 spiro atoms. The van der Waals surface area contributed by atoms with Gasteiger partial charge in [-0.3, -0.25) is 14.9 Å². The first-order valence-electron chi connectivity index (χ1n) is 11.5. The highest BCUT2D eigenvalue weighted by molar-refractivity contribution is 6.23. The molecule has 0 saturated carbocycles. The molecule has 4 unspecified atom stereocenters. The van der Waals surface area contributed by atoms with Crippen LogP contribution in [0.4, 0.5) is 5.69 Å². The maximum Gasteiger partial charge on any atom is 0.251 e. The van der Waals surface area contributed by atoms with Crippen molar-refractivity contribution in [3.8, 4) is 0 Å². The summed E-state index contributed by atoms with van der Waals surface area (Å²) in [4.78, 5) is 27.0. The fourth-order valence-corrected chi connectivity index (χ4v) is 4.70. The Morgan fingerprint density at radius 1 is 0.966 bits per heavy atom. The van der Waals surface area contributed by atoms with E-state index < -0.39 is 12.1 Å². The minimum atomic E-state index is -0.505. The molecule has 0 aromatic heterocycles. The minimum Gasteiger partial charge on any atom is -0.392 e. The van der Waals surface area contributed by atoms with Crippen molar-refractivity contribution >= 4 is 17.5 Å². The molecule has 0 bridgehead atoms. The summed E-state index contributed by atoms with van der Waals surface area (Å²) in [6.07, 6.45) is 11.6. The largest absolute Gasteiger partial charge is 0.392 e. The number of benzene rings is 1. The molecule has 0 radical (unpaired) electrons. The molecule has 29 heavy (non-hydrogen) atoms. The molecule has 0 aliphatic carbocycles. The Balaban J connectivity index is 1.44. The zero-order valence-corrected chi connectivity index (χ0v) is 17.7. The SMILES string of the molecule is CCCCCCCCCCC(O)C1CCC2C(=O)N(c3ccccc3)C(=O)C2N1. The maximum atomic E-state index is 12.9. The number of aliphatic hydroxyl groups is 1. The number of rotatable bonds is 11. The van der Waals surface area contributed by atoms with E-state index in [0.717, 1.165) is 25.7 Å². The summed E-state index contributed by atoms with van der Waals surface area (Å²) in [5.41, 5.74) is 0.634. The highest BCUT2D eigenvalue weighted by atomic mass is 16.3. The standard InChI is InChI=1S/C24H36N2O3/c1-2-3-4-5-6-7-8-12-15-21(27)20-17-16-19-22(25-20)24(29)26(23(19)28)18-13-10-9-11-14-18/h9-11,13-14,19-22,25,27H,2-8,12,15-17H2,1H3. The Hall–Kier alpha value is -1.72. The van der Waals surface area contributed by atoms with Crippen LogP contribution < -0.4 is 10.2 Å². The Bertz CT molecular complexity index is 663. The van der Waals surface area contributed by atoms with Gasteiger partial charge in [-0.15, -0.1) is 0 Å². The molecule has 5 heteroatoms. The molecular weight excluding hydrogens is 364 g/mol. The number of aliphatic hydroxyl groups excluding tert-OH is 1. The number of amides is 2. The molecule has 4 atom stereocenters. The second-order valence-electron chi connectivity index (χ2n) is 8.61. The van der Waals surface area contributed by atoms with Crippen LogP contribution in [0.1, 0.15) is 77.6 Å². The van der Waals surface area contributed by atoms with E-state index in [1.165, 1.54) is 43.4 Å². The van der Waals surface area contributed by atoms with E-state index in [0.29, 0.717) is 12.1 Å². The Kier molecular flexibility index (Phi) is 8.25. The van der Waals surface area contributed by atoms with Gasteiger partial charge in [-0.05, 0) is 31.4 Å². The lowest BCUT2D eigenvalue weighted by atomic mass is 9.86. The van der Waals surface area contributed by atoms with E-state index >= 15 is 0 Å². The maximum absolute atomic E-state index is 12.9. The first-order valence-corrected chi connectivity index (χ1v) is 11.5. The quantitative estimate of drug-likeness (QED) is 0.432. The van der Waals surface area contributed by atoms with Gasteiger partial charge in [0, 0.05) is 6.04 Å². The fraction of sp³-hybridized carbons (Fsp3) is 0.667. The predicted octanol–water partition coefficient (Wildman–Crippen LogP) is 4.19. The summed E-state index contributed by atoms with van der Waals surface area (Å²) in [5, 5.41) is 13.9. The van der Waals surface area contributed by atoms with Gasteiger partial charge in [0.25, 0.3) is 5.91 Å². The third-order valence-corrected chi connectivity index (χ3v) is 6.44. The number of carbonyl (C=O) groups excluding carboxylic acids is 2. The van der Waals surface area contributed by atoms with Crippen LogP contribution in [0.5, 0.6) is 0 Å². The van der Waals surface area contributed by atoms with Gasteiger partial charge in [0.1, 0.15) is 0 Å². The number of fused-ring (bicyclic) bond motifs is 1. The van der Waals surface area contributed by atoms with Crippen LogP contribution in [0.3, 0.4) is 0 Å². The van der Waals surface area contributed by atoms with Crippen LogP contribution in [0.25, 0.3) is 0 Å². The van der Waals surface area contributed by atoms with E-state index in [2.05, 4.69) is 12.2 Å². The smallest absolute Gasteiger partial charge is 0.251 e. The highest BCUT2D eigenvalue weighted by Gasteiger charge is 2.51. The molecule has 2 saturated heterocycles. The number of nitrogens with zero attached hydrogens (tertiary/aromatic N) is 1. The normalized spacial score (nSPS) is 25.3. The van der Waals surface area contributed by atoms with E-state index in [-0.39, 0.29) is 23.8 Å². The van der Waals surface area contributed by atoms with Crippen molar-refractivity contribution in [1.82, 2.24) is 5.32 Å². The Morgan fingerprint density at radius 3 is 2.31 bits per heavy atom. The number of imide groups is 1. The second kappa shape index (κ2) is 10.9. The second-order valence-corrected chi connectivity index (χ2v) is 8.61. The van der Waals surface area contributed by atoms with E-state index in [9.17, 15) is 14.7 Å². The van der Waals surface area contributed by atoms with Crippen LogP contribution in [0.2, 0.25) is 0 Å². The number of piperidine rings is 1. The lowest BCUT2D eigenvalue weighted by Gasteiger charge is -2.33. The van der Waals surface area contributed by atoms with Crippen LogP contribution in [0.15, 0.2) is 30.3 Å². The molecule has 3 rings (SSSR count). The average molecular weight is 401 g/mol. The third kappa shape index (κ3) is 5.46. The van der Waals surface area contributed by atoms with Crippen molar-refractivity contribution in [2.75, 3.05) is 4.90 Å². The van der Waals surface area contributed by atoms with E-state index in [4.69, 9.17) is 0 Å². The molecule has 2 amide bonds. The summed E-state index contributed by atoms with van der Waals surface area (Å²) in [5.74, 6) is -0.612. The molecule has 2 heterocycles. The van der Waals surface area contributed by atoms with Crippen LogP contribution in [0, 0.1) is 5.92 Å². The van der Waals surface area contributed by atoms with Crippen LogP contribution in [-0.4, -0.2) is 35.1 Å². The molecule has 160 valence electrons. The average Bonchev–Trinajstić information content (AvgIpc) is 3.00. The minimum absolute atomic E-state index is 0.103. The number of unbranched alkanes of at least 4 members (excludes halogenated alkanes) is 7. The molecule has 2 aliphatic heterocycles. The number of para-hydroxylation sites is 1. The van der Waals surface area contributed by atoms with Crippen molar-refractivity contribution in [3.63, 3.8) is 0 Å². The van der Waals surface area contributed by atoms with Crippen molar-refractivity contribution in [3.05, 3.63) is 30.3 Å². The Labute approximate surface area is 174 Å². The molecule has 2 N–H and O–H groups in total. The lowest BCUT2D eigenvalue weighted by molar-refractivity contribution is -0.122. The predicted molar refractivity (Wildman–Crippen MR) is 116 cm³/mol. The summed E-state index contributed by atoms with van der Waals surface area (Å²) in [6.45, 7) is 2.23. The van der Waals surface area contributed by atoms with Gasteiger partial charge < -0.3 is 5.11 Å². The van der Waals surface area contributed by atoms with Gasteiger partial charge in [-0.25, -0.2) is 4.90 Å². The summed E-state index contributed by atoms with van der Waals surface area (Å²) in [7, 11) is 0. The molecule has 2 fully saturated rings. The molecule has 2 aliphatic rings. The lowest BCUT2D eigenvalue weighted by Crippen LogP contribution is -2.54.